The van der Waals surface area contributed by atoms with Gasteiger partial charge in [-0.15, -0.1) is 4.89 Å². The number of esters is 1. The molecule has 6 nitrogen and oxygen atoms in total. The molecule has 7 heteroatoms. The average molecular weight is 243 g/mol. The number of carbonyl (C=O) groups excluding carboxylic acids is 1. The molecule has 0 aromatic carbocycles. The fourth-order valence-electron chi connectivity index (χ4n) is 0.957. The van der Waals surface area contributed by atoms with Gasteiger partial charge in [0.05, 0.1) is 18.7 Å². The number of methoxy groups -OCH3 is 1. The van der Waals surface area contributed by atoms with Crippen LogP contribution in [0, 0.1) is 0 Å². The molecule has 0 fully saturated rings. The van der Waals surface area contributed by atoms with Crippen LogP contribution < -0.4 is 10.6 Å². The maximum atomic E-state index is 11.2. The summed E-state index contributed by atoms with van der Waals surface area (Å²) in [6.45, 7) is 0.248. The average Bonchev–Trinajstić information content (AvgIpc) is 2.34. The van der Waals surface area contributed by atoms with Crippen molar-refractivity contribution < 1.29 is 14.4 Å². The van der Waals surface area contributed by atoms with E-state index < -0.39 is 5.97 Å². The first-order valence-corrected chi connectivity index (χ1v) is 5.49. The van der Waals surface area contributed by atoms with Crippen molar-refractivity contribution >= 4 is 17.9 Å². The van der Waals surface area contributed by atoms with Crippen molar-refractivity contribution in [3.8, 4) is 0 Å². The van der Waals surface area contributed by atoms with E-state index in [4.69, 9.17) is 10.6 Å². The fourth-order valence-corrected chi connectivity index (χ4v) is 1.17. The van der Waals surface area contributed by atoms with E-state index in [0.29, 0.717) is 11.6 Å². The Morgan fingerprint density at radius 3 is 3.12 bits per heavy atom. The molecule has 1 heterocycles. The topological polar surface area (TPSA) is 86.5 Å². The highest BCUT2D eigenvalue weighted by Crippen LogP contribution is 2.02. The summed E-state index contributed by atoms with van der Waals surface area (Å²) < 4.78 is 4.56. The molecular formula is C9H13N3O3S. The summed E-state index contributed by atoms with van der Waals surface area (Å²) in [7, 11) is 1.31. The first-order valence-electron chi connectivity index (χ1n) is 4.51. The minimum absolute atomic E-state index is 0.248. The van der Waals surface area contributed by atoms with Crippen LogP contribution in [0.2, 0.25) is 0 Å². The number of aromatic nitrogens is 1. The molecule has 0 aliphatic rings. The minimum Gasteiger partial charge on any atom is -0.464 e. The quantitative estimate of drug-likeness (QED) is 0.247. The molecule has 0 aliphatic heterocycles. The van der Waals surface area contributed by atoms with E-state index in [1.165, 1.54) is 19.1 Å². The lowest BCUT2D eigenvalue weighted by molar-refractivity contribution is 0.0590. The van der Waals surface area contributed by atoms with Crippen molar-refractivity contribution in [1.29, 1.82) is 0 Å². The van der Waals surface area contributed by atoms with Gasteiger partial charge in [-0.05, 0) is 24.1 Å². The van der Waals surface area contributed by atoms with Crippen molar-refractivity contribution in [1.82, 2.24) is 9.87 Å². The normalized spacial score (nSPS) is 10.1. The maximum Gasteiger partial charge on any atom is 0.356 e. The maximum absolute atomic E-state index is 11.2. The van der Waals surface area contributed by atoms with Gasteiger partial charge in [0.25, 0.3) is 0 Å². The molecule has 3 N–H and O–H groups in total. The third kappa shape index (κ3) is 4.15. The molecule has 0 radical (unpaired) electrons. The molecule has 0 saturated heterocycles. The minimum atomic E-state index is -0.467. The molecule has 1 aromatic heterocycles. The van der Waals surface area contributed by atoms with E-state index in [1.807, 2.05) is 0 Å². The third-order valence-corrected chi connectivity index (χ3v) is 2.02. The van der Waals surface area contributed by atoms with Crippen molar-refractivity contribution in [3.63, 3.8) is 0 Å². The Hall–Kier alpha value is -1.15. The van der Waals surface area contributed by atoms with Crippen molar-refractivity contribution in [2.75, 3.05) is 13.0 Å². The highest BCUT2D eigenvalue weighted by atomic mass is 32.2. The van der Waals surface area contributed by atoms with E-state index in [2.05, 4.69) is 14.6 Å². The highest BCUT2D eigenvalue weighted by Gasteiger charge is 2.07. The predicted octanol–water partition coefficient (Wildman–Crippen LogP) is 0.454. The molecule has 0 aliphatic carbocycles. The van der Waals surface area contributed by atoms with Gasteiger partial charge < -0.3 is 10.5 Å². The van der Waals surface area contributed by atoms with Crippen LogP contribution in [0.3, 0.4) is 0 Å². The lowest BCUT2D eigenvalue weighted by atomic mass is 10.3. The Bertz CT molecular complexity index is 349. The smallest absolute Gasteiger partial charge is 0.356 e. The fraction of sp³-hybridized carbons (Fsp3) is 0.333. The Balaban J connectivity index is 2.50. The summed E-state index contributed by atoms with van der Waals surface area (Å²) in [5, 5.41) is 0. The summed E-state index contributed by atoms with van der Waals surface area (Å²) in [5.74, 6) is -0.0542. The van der Waals surface area contributed by atoms with Crippen LogP contribution >= 0.6 is 11.9 Å². The second-order valence-corrected chi connectivity index (χ2v) is 3.48. The number of nitrogens with two attached hydrogens (primary N) is 1. The van der Waals surface area contributed by atoms with Gasteiger partial charge in [-0.1, -0.05) is 6.07 Å². The molecule has 1 rings (SSSR count). The molecule has 0 spiro atoms. The first-order chi connectivity index (χ1) is 7.77. The van der Waals surface area contributed by atoms with E-state index in [-0.39, 0.29) is 12.3 Å². The van der Waals surface area contributed by atoms with Gasteiger partial charge in [-0.2, -0.15) is 0 Å². The van der Waals surface area contributed by atoms with Gasteiger partial charge in [0, 0.05) is 0 Å². The van der Waals surface area contributed by atoms with Crippen LogP contribution in [0.15, 0.2) is 18.2 Å². The second kappa shape index (κ2) is 7.18. The van der Waals surface area contributed by atoms with Crippen molar-refractivity contribution in [2.45, 2.75) is 6.61 Å². The number of carbonyl (C=O) groups is 1. The summed E-state index contributed by atoms with van der Waals surface area (Å²) in [5.41, 5.74) is 6.13. The monoisotopic (exact) mass is 243 g/mol. The van der Waals surface area contributed by atoms with Gasteiger partial charge in [0.2, 0.25) is 0 Å². The molecule has 0 saturated carbocycles. The Morgan fingerprint density at radius 1 is 1.62 bits per heavy atom. The molecular weight excluding hydrogens is 230 g/mol. The van der Waals surface area contributed by atoms with E-state index >= 15 is 0 Å². The summed E-state index contributed by atoms with van der Waals surface area (Å²) >= 11 is 1.23. The van der Waals surface area contributed by atoms with Crippen LogP contribution in [-0.2, 0) is 16.2 Å². The third-order valence-electron chi connectivity index (χ3n) is 1.62. The van der Waals surface area contributed by atoms with Crippen molar-refractivity contribution in [3.05, 3.63) is 29.6 Å². The summed E-state index contributed by atoms with van der Waals surface area (Å²) in [4.78, 5) is 22.9. The first kappa shape index (κ1) is 12.9. The molecule has 16 heavy (non-hydrogen) atoms. The SMILES string of the molecule is COC(=O)c1cccc(CONSCN)n1. The van der Waals surface area contributed by atoms with Gasteiger partial charge in [0.1, 0.15) is 12.3 Å². The molecule has 0 bridgehead atoms. The summed E-state index contributed by atoms with van der Waals surface area (Å²) in [6, 6.07) is 5.05. The molecule has 1 aromatic rings. The zero-order valence-corrected chi connectivity index (χ0v) is 9.62. The largest absolute Gasteiger partial charge is 0.464 e. The summed E-state index contributed by atoms with van der Waals surface area (Å²) in [6.07, 6.45) is 0. The molecule has 0 amide bonds. The Morgan fingerprint density at radius 2 is 2.44 bits per heavy atom. The number of ether oxygens (including phenoxy) is 1. The zero-order chi connectivity index (χ0) is 11.8. The van der Waals surface area contributed by atoms with Crippen LogP contribution in [0.5, 0.6) is 0 Å². The number of rotatable bonds is 6. The Kier molecular flexibility index (Phi) is 5.79. The van der Waals surface area contributed by atoms with Crippen molar-refractivity contribution in [2.24, 2.45) is 5.73 Å². The molecule has 0 atom stereocenters. The number of nitrogens with zero attached hydrogens (tertiary/aromatic N) is 1. The Labute approximate surface area is 97.6 Å². The number of hydrogen-bond acceptors (Lipinski definition) is 7. The van der Waals surface area contributed by atoms with Gasteiger partial charge >= 0.3 is 5.97 Å². The van der Waals surface area contributed by atoms with Gasteiger partial charge in [-0.25, -0.2) is 9.78 Å². The number of nitrogens with one attached hydrogen (secondary N) is 1. The lowest BCUT2D eigenvalue weighted by Crippen LogP contribution is -2.11. The number of pyridine rings is 1. The lowest BCUT2D eigenvalue weighted by Gasteiger charge is -2.04. The molecule has 88 valence electrons. The van der Waals surface area contributed by atoms with E-state index in [0.717, 1.165) is 0 Å². The predicted molar refractivity (Wildman–Crippen MR) is 60.1 cm³/mol. The standard InChI is InChI=1S/C9H13N3O3S/c1-14-9(13)8-4-2-3-7(11-8)5-15-12-16-6-10/h2-4,12H,5-6,10H2,1H3. The highest BCUT2D eigenvalue weighted by molar-refractivity contribution is 7.97. The van der Waals surface area contributed by atoms with Crippen LogP contribution in [0.4, 0.5) is 0 Å². The number of hydrogen-bond donors (Lipinski definition) is 2. The second-order valence-electron chi connectivity index (χ2n) is 2.69. The van der Waals surface area contributed by atoms with Crippen LogP contribution in [-0.4, -0.2) is 23.9 Å². The van der Waals surface area contributed by atoms with Crippen LogP contribution in [0.1, 0.15) is 16.2 Å². The van der Waals surface area contributed by atoms with E-state index in [9.17, 15) is 4.79 Å². The van der Waals surface area contributed by atoms with Crippen LogP contribution in [0.25, 0.3) is 0 Å². The van der Waals surface area contributed by atoms with Gasteiger partial charge in [-0.3, -0.25) is 4.84 Å². The zero-order valence-electron chi connectivity index (χ0n) is 8.80. The van der Waals surface area contributed by atoms with Gasteiger partial charge in [0.15, 0.2) is 0 Å². The van der Waals surface area contributed by atoms with E-state index in [1.54, 1.807) is 18.2 Å². The molecule has 0 unspecified atom stereocenters.